The van der Waals surface area contributed by atoms with Gasteiger partial charge in [-0.15, -0.1) is 0 Å². The number of piperazine rings is 1. The van der Waals surface area contributed by atoms with Gasteiger partial charge in [0.1, 0.15) is 0 Å². The molecule has 1 aliphatic heterocycles. The summed E-state index contributed by atoms with van der Waals surface area (Å²) in [6.07, 6.45) is 0. The Hall–Kier alpha value is -1.86. The van der Waals surface area contributed by atoms with Crippen molar-refractivity contribution in [2.75, 3.05) is 31.6 Å². The third-order valence-corrected chi connectivity index (χ3v) is 3.90. The average Bonchev–Trinajstić information content (AvgIpc) is 2.38. The van der Waals surface area contributed by atoms with Crippen LogP contribution in [0.5, 0.6) is 0 Å². The molecule has 1 N–H and O–H groups in total. The fraction of sp³-hybridized carbons (Fsp3) is 0.462. The molecule has 1 unspecified atom stereocenters. The number of benzene rings is 1. The summed E-state index contributed by atoms with van der Waals surface area (Å²) in [5.41, 5.74) is -0.0936. The van der Waals surface area contributed by atoms with Crippen molar-refractivity contribution in [3.05, 3.63) is 32.8 Å². The minimum Gasteiger partial charge on any atom is -0.478 e. The number of hydrogen-bond donors (Lipinski definition) is 1. The molecule has 0 aromatic heterocycles. The van der Waals surface area contributed by atoms with Gasteiger partial charge in [-0.3, -0.25) is 10.1 Å². The van der Waals surface area contributed by atoms with Crippen molar-refractivity contribution in [3.8, 4) is 0 Å². The molecule has 0 amide bonds. The Morgan fingerprint density at radius 2 is 2.14 bits per heavy atom. The van der Waals surface area contributed by atoms with E-state index in [1.807, 2.05) is 18.9 Å². The first kappa shape index (κ1) is 15.5. The second-order valence-corrected chi connectivity index (χ2v) is 5.60. The van der Waals surface area contributed by atoms with Gasteiger partial charge in [0.25, 0.3) is 5.69 Å². The van der Waals surface area contributed by atoms with E-state index in [4.69, 9.17) is 11.6 Å². The standard InChI is InChI=1S/C13H16ClN3O4/c1-8-7-15(2)3-4-16(8)12-10(13(18)19)5-9(17(20)21)6-11(12)14/h5-6,8H,3-4,7H2,1-2H3,(H,18,19). The molecule has 1 atom stereocenters. The van der Waals surface area contributed by atoms with Gasteiger partial charge in [0, 0.05) is 37.8 Å². The molecule has 0 aliphatic carbocycles. The van der Waals surface area contributed by atoms with Crippen LogP contribution >= 0.6 is 11.6 Å². The van der Waals surface area contributed by atoms with Crippen LogP contribution in [0, 0.1) is 10.1 Å². The first-order valence-corrected chi connectivity index (χ1v) is 6.85. The van der Waals surface area contributed by atoms with Crippen LogP contribution in [0.25, 0.3) is 0 Å². The van der Waals surface area contributed by atoms with Gasteiger partial charge in [-0.2, -0.15) is 0 Å². The third-order valence-electron chi connectivity index (χ3n) is 3.61. The van der Waals surface area contributed by atoms with E-state index in [-0.39, 0.29) is 22.3 Å². The van der Waals surface area contributed by atoms with Crippen molar-refractivity contribution in [3.63, 3.8) is 0 Å². The zero-order valence-electron chi connectivity index (χ0n) is 11.7. The molecular formula is C13H16ClN3O4. The summed E-state index contributed by atoms with van der Waals surface area (Å²) in [5, 5.41) is 20.3. The number of hydrogen-bond acceptors (Lipinski definition) is 5. The van der Waals surface area contributed by atoms with Gasteiger partial charge in [0.05, 0.1) is 21.2 Å². The fourth-order valence-corrected chi connectivity index (χ4v) is 2.94. The second kappa shape index (κ2) is 5.87. The van der Waals surface area contributed by atoms with E-state index >= 15 is 0 Å². The summed E-state index contributed by atoms with van der Waals surface area (Å²) in [7, 11) is 1.99. The van der Waals surface area contributed by atoms with Crippen LogP contribution in [0.3, 0.4) is 0 Å². The number of nitro benzene ring substituents is 1. The summed E-state index contributed by atoms with van der Waals surface area (Å²) in [5.74, 6) is -1.22. The first-order chi connectivity index (χ1) is 9.81. The highest BCUT2D eigenvalue weighted by Gasteiger charge is 2.29. The normalized spacial score (nSPS) is 19.6. The molecule has 1 fully saturated rings. The van der Waals surface area contributed by atoms with E-state index in [1.54, 1.807) is 0 Å². The maximum Gasteiger partial charge on any atom is 0.338 e. The van der Waals surface area contributed by atoms with Crippen molar-refractivity contribution in [1.29, 1.82) is 0 Å². The Morgan fingerprint density at radius 3 is 2.67 bits per heavy atom. The highest BCUT2D eigenvalue weighted by atomic mass is 35.5. The molecule has 1 aromatic carbocycles. The number of nitrogens with zero attached hydrogens (tertiary/aromatic N) is 3. The number of carboxylic acids is 1. The lowest BCUT2D eigenvalue weighted by atomic mass is 10.1. The van der Waals surface area contributed by atoms with Crippen LogP contribution in [0.15, 0.2) is 12.1 Å². The van der Waals surface area contributed by atoms with E-state index in [0.717, 1.165) is 19.2 Å². The Labute approximate surface area is 126 Å². The SMILES string of the molecule is CC1CN(C)CCN1c1c(Cl)cc([N+](=O)[O-])cc1C(=O)O. The van der Waals surface area contributed by atoms with Gasteiger partial charge in [-0.05, 0) is 14.0 Å². The lowest BCUT2D eigenvalue weighted by Gasteiger charge is -2.40. The molecule has 2 rings (SSSR count). The molecule has 1 aliphatic rings. The number of carbonyl (C=O) groups is 1. The van der Waals surface area contributed by atoms with Crippen molar-refractivity contribution >= 4 is 28.9 Å². The molecule has 0 radical (unpaired) electrons. The number of anilines is 1. The monoisotopic (exact) mass is 313 g/mol. The van der Waals surface area contributed by atoms with Gasteiger partial charge < -0.3 is 14.9 Å². The molecule has 0 bridgehead atoms. The van der Waals surface area contributed by atoms with Crippen molar-refractivity contribution in [2.45, 2.75) is 13.0 Å². The van der Waals surface area contributed by atoms with E-state index in [9.17, 15) is 20.0 Å². The van der Waals surface area contributed by atoms with Crippen LogP contribution in [-0.4, -0.2) is 53.6 Å². The Bertz CT molecular complexity index is 593. The van der Waals surface area contributed by atoms with Crippen LogP contribution in [0.2, 0.25) is 5.02 Å². The van der Waals surface area contributed by atoms with Gasteiger partial charge in [0.2, 0.25) is 0 Å². The summed E-state index contributed by atoms with van der Waals surface area (Å²) < 4.78 is 0. The number of likely N-dealkylation sites (N-methyl/N-ethyl adjacent to an activating group) is 1. The van der Waals surface area contributed by atoms with E-state index < -0.39 is 10.9 Å². The zero-order valence-corrected chi connectivity index (χ0v) is 12.5. The van der Waals surface area contributed by atoms with Crippen molar-refractivity contribution < 1.29 is 14.8 Å². The predicted octanol–water partition coefficient (Wildman–Crippen LogP) is 2.09. The largest absolute Gasteiger partial charge is 0.478 e. The molecule has 0 saturated carbocycles. The smallest absolute Gasteiger partial charge is 0.338 e. The zero-order chi connectivity index (χ0) is 15.7. The molecular weight excluding hydrogens is 298 g/mol. The minimum absolute atomic E-state index is 0.0702. The molecule has 1 aromatic rings. The molecule has 0 spiro atoms. The molecule has 114 valence electrons. The number of rotatable bonds is 3. The maximum absolute atomic E-state index is 11.4. The van der Waals surface area contributed by atoms with Crippen molar-refractivity contribution in [1.82, 2.24) is 4.90 Å². The summed E-state index contributed by atoms with van der Waals surface area (Å²) >= 11 is 6.13. The maximum atomic E-state index is 11.4. The molecule has 21 heavy (non-hydrogen) atoms. The molecule has 7 nitrogen and oxygen atoms in total. The number of aromatic carboxylic acids is 1. The van der Waals surface area contributed by atoms with Crippen LogP contribution in [0.4, 0.5) is 11.4 Å². The minimum atomic E-state index is -1.22. The van der Waals surface area contributed by atoms with Gasteiger partial charge in [-0.25, -0.2) is 4.79 Å². The number of carboxylic acid groups (broad SMARTS) is 1. The second-order valence-electron chi connectivity index (χ2n) is 5.19. The van der Waals surface area contributed by atoms with Crippen LogP contribution in [-0.2, 0) is 0 Å². The van der Waals surface area contributed by atoms with Crippen molar-refractivity contribution in [2.24, 2.45) is 0 Å². The number of non-ortho nitro benzene ring substituents is 1. The van der Waals surface area contributed by atoms with E-state index in [1.165, 1.54) is 6.07 Å². The Morgan fingerprint density at radius 1 is 1.48 bits per heavy atom. The van der Waals surface area contributed by atoms with Crippen LogP contribution in [0.1, 0.15) is 17.3 Å². The summed E-state index contributed by atoms with van der Waals surface area (Å²) in [4.78, 5) is 25.7. The van der Waals surface area contributed by atoms with Gasteiger partial charge >= 0.3 is 5.97 Å². The highest BCUT2D eigenvalue weighted by Crippen LogP contribution is 2.36. The van der Waals surface area contributed by atoms with Gasteiger partial charge in [0.15, 0.2) is 0 Å². The summed E-state index contributed by atoms with van der Waals surface area (Å²) in [6, 6.07) is 2.34. The van der Waals surface area contributed by atoms with E-state index in [2.05, 4.69) is 4.90 Å². The lowest BCUT2D eigenvalue weighted by molar-refractivity contribution is -0.384. The average molecular weight is 314 g/mol. The molecule has 1 saturated heterocycles. The number of nitro groups is 1. The lowest BCUT2D eigenvalue weighted by Crippen LogP contribution is -2.51. The first-order valence-electron chi connectivity index (χ1n) is 6.47. The number of halogens is 1. The quantitative estimate of drug-likeness (QED) is 0.679. The van der Waals surface area contributed by atoms with Gasteiger partial charge in [-0.1, -0.05) is 11.6 Å². The summed E-state index contributed by atoms with van der Waals surface area (Å²) in [6.45, 7) is 4.14. The third kappa shape index (κ3) is 3.08. The topological polar surface area (TPSA) is 86.9 Å². The Kier molecular flexibility index (Phi) is 4.34. The van der Waals surface area contributed by atoms with E-state index in [0.29, 0.717) is 12.2 Å². The molecule has 8 heteroatoms. The predicted molar refractivity (Wildman–Crippen MR) is 79.4 cm³/mol. The Balaban J connectivity index is 2.52. The van der Waals surface area contributed by atoms with Crippen LogP contribution < -0.4 is 4.90 Å². The highest BCUT2D eigenvalue weighted by molar-refractivity contribution is 6.34. The fourth-order valence-electron chi connectivity index (χ4n) is 2.62. The molecule has 1 heterocycles.